The molecule has 2 aromatic heterocycles. The van der Waals surface area contributed by atoms with Gasteiger partial charge in [0.1, 0.15) is 0 Å². The van der Waals surface area contributed by atoms with Crippen LogP contribution in [0.4, 0.5) is 5.95 Å². The molecule has 2 aromatic rings. The Balaban J connectivity index is 2.16. The summed E-state index contributed by atoms with van der Waals surface area (Å²) in [6.07, 6.45) is 3.18. The number of hydrogen-bond donors (Lipinski definition) is 1. The first-order chi connectivity index (χ1) is 8.56. The Morgan fingerprint density at radius 1 is 1.39 bits per heavy atom. The van der Waals surface area contributed by atoms with Crippen molar-refractivity contribution >= 4 is 17.3 Å². The maximum Gasteiger partial charge on any atom is 0.203 e. The lowest BCUT2D eigenvalue weighted by Crippen LogP contribution is -2.17. The Bertz CT molecular complexity index is 485. The molecule has 0 spiro atoms. The molecule has 2 heterocycles. The second kappa shape index (κ2) is 5.57. The van der Waals surface area contributed by atoms with Gasteiger partial charge in [-0.05, 0) is 39.1 Å². The van der Waals surface area contributed by atoms with Crippen LogP contribution in [0.1, 0.15) is 37.4 Å². The summed E-state index contributed by atoms with van der Waals surface area (Å²) < 4.78 is 2.25. The maximum atomic E-state index is 4.56. The minimum Gasteiger partial charge on any atom is -0.353 e. The Morgan fingerprint density at radius 2 is 2.17 bits per heavy atom. The minimum absolute atomic E-state index is 0.402. The lowest BCUT2D eigenvalue weighted by Gasteiger charge is -2.17. The highest BCUT2D eigenvalue weighted by Crippen LogP contribution is 2.22. The molecule has 1 unspecified atom stereocenters. The Morgan fingerprint density at radius 3 is 2.78 bits per heavy atom. The summed E-state index contributed by atoms with van der Waals surface area (Å²) >= 11 is 1.82. The van der Waals surface area contributed by atoms with Crippen LogP contribution in [0.3, 0.4) is 0 Å². The van der Waals surface area contributed by atoms with Gasteiger partial charge in [-0.25, -0.2) is 4.98 Å². The minimum atomic E-state index is 0.402. The normalized spacial score (nSPS) is 12.9. The van der Waals surface area contributed by atoms with E-state index in [1.165, 1.54) is 4.88 Å². The fraction of sp³-hybridized carbons (Fsp3) is 0.500. The molecule has 3 nitrogen and oxygen atoms in total. The van der Waals surface area contributed by atoms with Gasteiger partial charge >= 0.3 is 0 Å². The molecule has 0 aliphatic heterocycles. The van der Waals surface area contributed by atoms with Crippen molar-refractivity contribution < 1.29 is 0 Å². The van der Waals surface area contributed by atoms with Gasteiger partial charge in [-0.15, -0.1) is 11.3 Å². The molecular weight excluding hydrogens is 242 g/mol. The van der Waals surface area contributed by atoms with Crippen molar-refractivity contribution in [3.05, 3.63) is 34.3 Å². The topological polar surface area (TPSA) is 29.9 Å². The Kier molecular flexibility index (Phi) is 4.07. The number of nitrogens with one attached hydrogen (secondary N) is 1. The highest BCUT2D eigenvalue weighted by atomic mass is 32.1. The van der Waals surface area contributed by atoms with Gasteiger partial charge < -0.3 is 9.88 Å². The molecule has 0 fully saturated rings. The lowest BCUT2D eigenvalue weighted by molar-refractivity contribution is 0.550. The zero-order chi connectivity index (χ0) is 13.1. The van der Waals surface area contributed by atoms with Crippen LogP contribution in [0, 0.1) is 6.92 Å². The molecule has 18 heavy (non-hydrogen) atoms. The first-order valence-electron chi connectivity index (χ1n) is 6.40. The number of aromatic nitrogens is 2. The largest absolute Gasteiger partial charge is 0.353 e. The predicted octanol–water partition coefficient (Wildman–Crippen LogP) is 3.88. The van der Waals surface area contributed by atoms with Crippen molar-refractivity contribution in [2.24, 2.45) is 0 Å². The summed E-state index contributed by atoms with van der Waals surface area (Å²) in [5.74, 6) is 0.978. The maximum absolute atomic E-state index is 4.56. The third-order valence-corrected chi connectivity index (χ3v) is 3.72. The van der Waals surface area contributed by atoms with E-state index in [-0.39, 0.29) is 0 Å². The van der Waals surface area contributed by atoms with E-state index in [2.05, 4.69) is 59.3 Å². The number of nitrogens with zero attached hydrogens (tertiary/aromatic N) is 2. The monoisotopic (exact) mass is 263 g/mol. The van der Waals surface area contributed by atoms with Gasteiger partial charge in [0.2, 0.25) is 5.95 Å². The van der Waals surface area contributed by atoms with Crippen molar-refractivity contribution in [2.75, 3.05) is 5.32 Å². The van der Waals surface area contributed by atoms with Gasteiger partial charge in [0, 0.05) is 29.6 Å². The first kappa shape index (κ1) is 13.1. The summed E-state index contributed by atoms with van der Waals surface area (Å²) in [4.78, 5) is 5.98. The second-order valence-electron chi connectivity index (χ2n) is 5.04. The van der Waals surface area contributed by atoms with Gasteiger partial charge in [0.15, 0.2) is 0 Å². The molecule has 2 rings (SSSR count). The van der Waals surface area contributed by atoms with Gasteiger partial charge in [-0.3, -0.25) is 0 Å². The van der Waals surface area contributed by atoms with Crippen LogP contribution in [-0.4, -0.2) is 15.6 Å². The van der Waals surface area contributed by atoms with Crippen molar-refractivity contribution in [3.8, 4) is 0 Å². The van der Waals surface area contributed by atoms with Crippen LogP contribution in [0.5, 0.6) is 0 Å². The fourth-order valence-corrected chi connectivity index (χ4v) is 2.86. The molecule has 0 radical (unpaired) electrons. The van der Waals surface area contributed by atoms with E-state index in [1.807, 2.05) is 18.3 Å². The highest BCUT2D eigenvalue weighted by Gasteiger charge is 2.13. The van der Waals surface area contributed by atoms with Gasteiger partial charge in [0.05, 0.1) is 5.69 Å². The van der Waals surface area contributed by atoms with E-state index >= 15 is 0 Å². The first-order valence-corrected chi connectivity index (χ1v) is 7.28. The Hall–Kier alpha value is -1.29. The second-order valence-corrected chi connectivity index (χ2v) is 6.08. The van der Waals surface area contributed by atoms with E-state index in [9.17, 15) is 0 Å². The fourth-order valence-electron chi connectivity index (χ4n) is 2.04. The highest BCUT2D eigenvalue weighted by molar-refractivity contribution is 7.09. The van der Waals surface area contributed by atoms with Crippen molar-refractivity contribution in [1.29, 1.82) is 0 Å². The van der Waals surface area contributed by atoms with Gasteiger partial charge in [0.25, 0.3) is 0 Å². The predicted molar refractivity (Wildman–Crippen MR) is 78.5 cm³/mol. The van der Waals surface area contributed by atoms with Crippen LogP contribution in [0.25, 0.3) is 0 Å². The van der Waals surface area contributed by atoms with Crippen LogP contribution >= 0.6 is 11.3 Å². The van der Waals surface area contributed by atoms with Crippen LogP contribution in [0.2, 0.25) is 0 Å². The lowest BCUT2D eigenvalue weighted by atomic mass is 10.2. The van der Waals surface area contributed by atoms with E-state index in [0.717, 1.165) is 18.1 Å². The van der Waals surface area contributed by atoms with Crippen molar-refractivity contribution in [2.45, 2.75) is 46.2 Å². The van der Waals surface area contributed by atoms with E-state index in [0.29, 0.717) is 12.1 Å². The average Bonchev–Trinajstić information content (AvgIpc) is 2.87. The van der Waals surface area contributed by atoms with Crippen molar-refractivity contribution in [3.63, 3.8) is 0 Å². The molecule has 1 atom stereocenters. The SMILES string of the molecule is Cc1cn(C(C)Cc2cccs2)c(NC(C)C)n1. The van der Waals surface area contributed by atoms with Crippen LogP contribution < -0.4 is 5.32 Å². The zero-order valence-electron chi connectivity index (χ0n) is 11.5. The zero-order valence-corrected chi connectivity index (χ0v) is 12.3. The molecule has 0 saturated carbocycles. The average molecular weight is 263 g/mol. The van der Waals surface area contributed by atoms with Crippen LogP contribution in [0.15, 0.2) is 23.7 Å². The number of anilines is 1. The van der Waals surface area contributed by atoms with E-state index < -0.39 is 0 Å². The third-order valence-electron chi connectivity index (χ3n) is 2.82. The molecule has 0 amide bonds. The van der Waals surface area contributed by atoms with Gasteiger partial charge in [-0.2, -0.15) is 0 Å². The molecular formula is C14H21N3S. The van der Waals surface area contributed by atoms with Gasteiger partial charge in [-0.1, -0.05) is 6.07 Å². The third kappa shape index (κ3) is 3.13. The summed E-state index contributed by atoms with van der Waals surface area (Å²) in [7, 11) is 0. The van der Waals surface area contributed by atoms with Crippen LogP contribution in [-0.2, 0) is 6.42 Å². The molecule has 4 heteroatoms. The standard InChI is InChI=1S/C14H21N3S/c1-10(2)15-14-16-11(3)9-17(14)12(4)8-13-6-5-7-18-13/h5-7,9-10,12H,8H2,1-4H3,(H,15,16). The summed E-state index contributed by atoms with van der Waals surface area (Å²) in [5, 5.41) is 5.54. The molecule has 0 aromatic carbocycles. The molecule has 1 N–H and O–H groups in total. The number of thiophene rings is 1. The smallest absolute Gasteiger partial charge is 0.203 e. The number of aryl methyl sites for hydroxylation is 1. The number of hydrogen-bond acceptors (Lipinski definition) is 3. The summed E-state index contributed by atoms with van der Waals surface area (Å²) in [5.41, 5.74) is 1.07. The molecule has 0 aliphatic carbocycles. The summed E-state index contributed by atoms with van der Waals surface area (Å²) in [6, 6.07) is 5.13. The quantitative estimate of drug-likeness (QED) is 0.887. The Labute approximate surface area is 113 Å². The molecule has 98 valence electrons. The molecule has 0 bridgehead atoms. The number of rotatable bonds is 5. The summed E-state index contributed by atoms with van der Waals surface area (Å²) in [6.45, 7) is 8.56. The molecule has 0 saturated heterocycles. The van der Waals surface area contributed by atoms with E-state index in [1.54, 1.807) is 0 Å². The number of imidazole rings is 1. The molecule has 0 aliphatic rings. The van der Waals surface area contributed by atoms with Crippen molar-refractivity contribution in [1.82, 2.24) is 9.55 Å². The van der Waals surface area contributed by atoms with E-state index in [4.69, 9.17) is 0 Å².